The predicted octanol–water partition coefficient (Wildman–Crippen LogP) is 3.80. The molecule has 1 aliphatic rings. The minimum atomic E-state index is -3.63. The van der Waals surface area contributed by atoms with E-state index < -0.39 is 10.0 Å². The normalized spacial score (nSPS) is 17.1. The fourth-order valence-electron chi connectivity index (χ4n) is 2.84. The monoisotopic (exact) mass is 323 g/mol. The summed E-state index contributed by atoms with van der Waals surface area (Å²) in [7, 11) is -3.63. The summed E-state index contributed by atoms with van der Waals surface area (Å²) in [4.78, 5) is 0.166. The molecule has 3 aromatic rings. The molecule has 5 heteroatoms. The van der Waals surface area contributed by atoms with Gasteiger partial charge in [0.05, 0.1) is 10.6 Å². The number of hydrogen-bond acceptors (Lipinski definition) is 3. The van der Waals surface area contributed by atoms with Crippen LogP contribution in [-0.4, -0.2) is 13.5 Å². The molecule has 0 spiro atoms. The third kappa shape index (κ3) is 2.26. The van der Waals surface area contributed by atoms with Crippen LogP contribution in [0.5, 0.6) is 5.75 Å². The van der Waals surface area contributed by atoms with Gasteiger partial charge in [0.25, 0.3) is 10.0 Å². The van der Waals surface area contributed by atoms with Crippen LogP contribution in [0, 0.1) is 0 Å². The summed E-state index contributed by atoms with van der Waals surface area (Å²) in [5, 5.41) is 11.7. The van der Waals surface area contributed by atoms with Crippen LogP contribution in [0.4, 0.5) is 5.69 Å². The van der Waals surface area contributed by atoms with E-state index >= 15 is 0 Å². The Morgan fingerprint density at radius 1 is 0.957 bits per heavy atom. The van der Waals surface area contributed by atoms with Crippen molar-refractivity contribution in [2.24, 2.45) is 0 Å². The number of hydrogen-bond donors (Lipinski definition) is 2. The molecule has 0 aromatic heterocycles. The summed E-state index contributed by atoms with van der Waals surface area (Å²) in [6, 6.07) is 18.1. The number of fused-ring (bicyclic) bond motifs is 2. The van der Waals surface area contributed by atoms with E-state index in [1.54, 1.807) is 12.1 Å². The van der Waals surface area contributed by atoms with E-state index in [1.165, 1.54) is 12.1 Å². The smallest absolute Gasteiger partial charge is 0.262 e. The Morgan fingerprint density at radius 3 is 2.61 bits per heavy atom. The van der Waals surface area contributed by atoms with Gasteiger partial charge in [-0.25, -0.2) is 8.42 Å². The van der Waals surface area contributed by atoms with Gasteiger partial charge in [-0.3, -0.25) is 4.72 Å². The van der Waals surface area contributed by atoms with Gasteiger partial charge in [0.2, 0.25) is 0 Å². The molecule has 0 fully saturated rings. The van der Waals surface area contributed by atoms with E-state index in [4.69, 9.17) is 0 Å². The Morgan fingerprint density at radius 2 is 1.74 bits per heavy atom. The summed E-state index contributed by atoms with van der Waals surface area (Å²) < 4.78 is 27.3. The first-order chi connectivity index (χ1) is 11.0. The van der Waals surface area contributed by atoms with Crippen LogP contribution in [0.3, 0.4) is 0 Å². The zero-order valence-corrected chi connectivity index (χ0v) is 12.8. The fourth-order valence-corrected chi connectivity index (χ4v) is 4.16. The van der Waals surface area contributed by atoms with Crippen molar-refractivity contribution in [1.29, 1.82) is 0 Å². The lowest BCUT2D eigenvalue weighted by molar-refractivity contribution is 0.475. The number of benzene rings is 3. The van der Waals surface area contributed by atoms with Crippen LogP contribution < -0.4 is 4.72 Å². The number of anilines is 1. The molecule has 0 saturated carbocycles. The van der Waals surface area contributed by atoms with Crippen LogP contribution >= 0.6 is 0 Å². The van der Waals surface area contributed by atoms with Crippen LogP contribution in [0.1, 0.15) is 11.1 Å². The molecular formula is C18H13NO3S. The maximum absolute atomic E-state index is 12.4. The number of sulfonamides is 1. The molecule has 4 rings (SSSR count). The van der Waals surface area contributed by atoms with Gasteiger partial charge < -0.3 is 5.11 Å². The van der Waals surface area contributed by atoms with E-state index in [9.17, 15) is 13.5 Å². The van der Waals surface area contributed by atoms with Crippen molar-refractivity contribution in [3.05, 3.63) is 71.8 Å². The first-order valence-corrected chi connectivity index (χ1v) is 8.59. The molecule has 0 atom stereocenters. The molecule has 0 radical (unpaired) electrons. The highest BCUT2D eigenvalue weighted by molar-refractivity contribution is 8.02. The van der Waals surface area contributed by atoms with E-state index in [1.807, 2.05) is 42.5 Å². The highest BCUT2D eigenvalue weighted by Crippen LogP contribution is 2.40. The van der Waals surface area contributed by atoms with Crippen LogP contribution in [0.2, 0.25) is 0 Å². The minimum Gasteiger partial charge on any atom is -0.508 e. The third-order valence-electron chi connectivity index (χ3n) is 3.91. The SMILES string of the molecule is O=S1(=O)Nc2ccc(O)cc2C1=Cc1cccc2ccccc12. The molecule has 0 aliphatic carbocycles. The van der Waals surface area contributed by atoms with E-state index in [2.05, 4.69) is 4.72 Å². The molecule has 1 heterocycles. The van der Waals surface area contributed by atoms with Gasteiger partial charge in [-0.05, 0) is 40.6 Å². The molecular weight excluding hydrogens is 310 g/mol. The molecule has 23 heavy (non-hydrogen) atoms. The average Bonchev–Trinajstić information content (AvgIpc) is 2.78. The lowest BCUT2D eigenvalue weighted by Gasteiger charge is -2.04. The van der Waals surface area contributed by atoms with Gasteiger partial charge in [0.15, 0.2) is 0 Å². The Labute approximate surface area is 133 Å². The predicted molar refractivity (Wildman–Crippen MR) is 92.5 cm³/mol. The van der Waals surface area contributed by atoms with E-state index in [0.29, 0.717) is 11.3 Å². The molecule has 1 aliphatic heterocycles. The van der Waals surface area contributed by atoms with Crippen molar-refractivity contribution < 1.29 is 13.5 Å². The summed E-state index contributed by atoms with van der Waals surface area (Å²) in [5.74, 6) is 0.0338. The molecule has 114 valence electrons. The molecule has 0 unspecified atom stereocenters. The second kappa shape index (κ2) is 4.86. The average molecular weight is 323 g/mol. The molecule has 0 amide bonds. The second-order valence-electron chi connectivity index (χ2n) is 5.41. The maximum atomic E-state index is 12.4. The van der Waals surface area contributed by atoms with Crippen LogP contribution in [0.15, 0.2) is 60.7 Å². The van der Waals surface area contributed by atoms with Gasteiger partial charge in [0, 0.05) is 5.56 Å². The molecule has 3 aromatic carbocycles. The van der Waals surface area contributed by atoms with Gasteiger partial charge in [-0.2, -0.15) is 0 Å². The number of rotatable bonds is 1. The van der Waals surface area contributed by atoms with Crippen LogP contribution in [0.25, 0.3) is 21.8 Å². The van der Waals surface area contributed by atoms with E-state index in [0.717, 1.165) is 16.3 Å². The van der Waals surface area contributed by atoms with Gasteiger partial charge in [-0.1, -0.05) is 42.5 Å². The zero-order valence-electron chi connectivity index (χ0n) is 12.0. The quantitative estimate of drug-likeness (QED) is 0.669. The van der Waals surface area contributed by atoms with Gasteiger partial charge >= 0.3 is 0 Å². The van der Waals surface area contributed by atoms with Gasteiger partial charge in [-0.15, -0.1) is 0 Å². The first-order valence-electron chi connectivity index (χ1n) is 7.10. The maximum Gasteiger partial charge on any atom is 0.262 e. The highest BCUT2D eigenvalue weighted by atomic mass is 32.2. The van der Waals surface area contributed by atoms with Crippen molar-refractivity contribution in [3.63, 3.8) is 0 Å². The number of nitrogens with one attached hydrogen (secondary N) is 1. The molecule has 0 bridgehead atoms. The van der Waals surface area contributed by atoms with Crippen molar-refractivity contribution in [3.8, 4) is 5.75 Å². The number of phenols is 1. The summed E-state index contributed by atoms with van der Waals surface area (Å²) in [6.45, 7) is 0. The largest absolute Gasteiger partial charge is 0.508 e. The third-order valence-corrected chi connectivity index (χ3v) is 5.32. The van der Waals surface area contributed by atoms with Crippen molar-refractivity contribution >= 4 is 37.5 Å². The second-order valence-corrected chi connectivity index (χ2v) is 7.06. The molecule has 4 nitrogen and oxygen atoms in total. The minimum absolute atomic E-state index is 0.0338. The Bertz CT molecular complexity index is 1060. The van der Waals surface area contributed by atoms with E-state index in [-0.39, 0.29) is 10.7 Å². The van der Waals surface area contributed by atoms with Crippen LogP contribution in [-0.2, 0) is 10.0 Å². The van der Waals surface area contributed by atoms with Crippen molar-refractivity contribution in [1.82, 2.24) is 0 Å². The summed E-state index contributed by atoms with van der Waals surface area (Å²) in [6.07, 6.45) is 1.65. The zero-order chi connectivity index (χ0) is 16.0. The van der Waals surface area contributed by atoms with Crippen molar-refractivity contribution in [2.75, 3.05) is 4.72 Å². The highest BCUT2D eigenvalue weighted by Gasteiger charge is 2.30. The lowest BCUT2D eigenvalue weighted by Crippen LogP contribution is -2.05. The molecule has 0 saturated heterocycles. The topological polar surface area (TPSA) is 66.4 Å². The Balaban J connectivity index is 1.99. The standard InChI is InChI=1S/C18H13NO3S/c20-14-8-9-17-16(11-14)18(23(21,22)19-17)10-13-6-3-5-12-4-1-2-7-15(12)13/h1-11,19-20H. The fraction of sp³-hybridized carbons (Fsp3) is 0. The Kier molecular flexibility index (Phi) is 2.92. The Hall–Kier alpha value is -2.79. The summed E-state index contributed by atoms with van der Waals surface area (Å²) >= 11 is 0. The first kappa shape index (κ1) is 13.8. The van der Waals surface area contributed by atoms with Gasteiger partial charge in [0.1, 0.15) is 5.75 Å². The molecule has 2 N–H and O–H groups in total. The van der Waals surface area contributed by atoms with Crippen molar-refractivity contribution in [2.45, 2.75) is 0 Å². The lowest BCUT2D eigenvalue weighted by atomic mass is 10.0. The number of aromatic hydroxyl groups is 1. The summed E-state index contributed by atoms with van der Waals surface area (Å²) in [5.41, 5.74) is 1.78. The number of phenolic OH excluding ortho intramolecular Hbond substituents is 1.